The fourth-order valence-corrected chi connectivity index (χ4v) is 1.48. The van der Waals surface area contributed by atoms with E-state index in [1.165, 1.54) is 19.1 Å². The fourth-order valence-electron chi connectivity index (χ4n) is 1.48. The number of hydrogen-bond acceptors (Lipinski definition) is 2. The van der Waals surface area contributed by atoms with Gasteiger partial charge in [-0.3, -0.25) is 9.59 Å². The van der Waals surface area contributed by atoms with Gasteiger partial charge in [0.05, 0.1) is 0 Å². The Morgan fingerprint density at radius 3 is 2.67 bits per heavy atom. The summed E-state index contributed by atoms with van der Waals surface area (Å²) in [6.07, 6.45) is 0.840. The maximum atomic E-state index is 12.9. The Kier molecular flexibility index (Phi) is 5.84. The van der Waals surface area contributed by atoms with Crippen molar-refractivity contribution in [3.8, 4) is 0 Å². The van der Waals surface area contributed by atoms with E-state index in [1.54, 1.807) is 6.07 Å². The first-order valence-corrected chi connectivity index (χ1v) is 5.83. The van der Waals surface area contributed by atoms with Crippen LogP contribution < -0.4 is 10.6 Å². The first-order chi connectivity index (χ1) is 8.58. The molecule has 0 radical (unpaired) electrons. The topological polar surface area (TPSA) is 58.2 Å². The SMILES string of the molecule is CC(=O)NCCC(=O)NCCc1cccc(F)c1. The molecule has 0 bridgehead atoms. The van der Waals surface area contributed by atoms with Crippen LogP contribution in [0.1, 0.15) is 18.9 Å². The van der Waals surface area contributed by atoms with Crippen molar-refractivity contribution < 1.29 is 14.0 Å². The van der Waals surface area contributed by atoms with E-state index < -0.39 is 0 Å². The molecule has 5 heteroatoms. The summed E-state index contributed by atoms with van der Waals surface area (Å²) in [4.78, 5) is 21.9. The normalized spacial score (nSPS) is 9.89. The zero-order valence-electron chi connectivity index (χ0n) is 10.3. The van der Waals surface area contributed by atoms with Gasteiger partial charge < -0.3 is 10.6 Å². The lowest BCUT2D eigenvalue weighted by atomic mass is 10.1. The van der Waals surface area contributed by atoms with Gasteiger partial charge in [-0.1, -0.05) is 12.1 Å². The summed E-state index contributed by atoms with van der Waals surface area (Å²) in [5.41, 5.74) is 0.845. The summed E-state index contributed by atoms with van der Waals surface area (Å²) in [6.45, 7) is 2.20. The summed E-state index contributed by atoms with van der Waals surface area (Å²) in [5.74, 6) is -0.549. The highest BCUT2D eigenvalue weighted by molar-refractivity contribution is 5.77. The molecule has 0 aliphatic heterocycles. The third-order valence-electron chi connectivity index (χ3n) is 2.35. The first-order valence-electron chi connectivity index (χ1n) is 5.83. The van der Waals surface area contributed by atoms with E-state index in [2.05, 4.69) is 10.6 Å². The first kappa shape index (κ1) is 14.2. The largest absolute Gasteiger partial charge is 0.356 e. The predicted molar refractivity (Wildman–Crippen MR) is 66.4 cm³/mol. The molecule has 0 aliphatic rings. The van der Waals surface area contributed by atoms with E-state index in [0.717, 1.165) is 5.56 Å². The summed E-state index contributed by atoms with van der Waals surface area (Å²) in [7, 11) is 0. The molecular weight excluding hydrogens is 235 g/mol. The molecule has 18 heavy (non-hydrogen) atoms. The van der Waals surface area contributed by atoms with E-state index in [1.807, 2.05) is 6.07 Å². The van der Waals surface area contributed by atoms with Crippen LogP contribution in [-0.2, 0) is 16.0 Å². The van der Waals surface area contributed by atoms with E-state index in [-0.39, 0.29) is 24.1 Å². The van der Waals surface area contributed by atoms with E-state index in [4.69, 9.17) is 0 Å². The van der Waals surface area contributed by atoms with Crippen molar-refractivity contribution in [1.82, 2.24) is 10.6 Å². The fraction of sp³-hybridized carbons (Fsp3) is 0.385. The summed E-state index contributed by atoms with van der Waals surface area (Å²) in [6, 6.07) is 6.29. The van der Waals surface area contributed by atoms with Crippen LogP contribution in [-0.4, -0.2) is 24.9 Å². The second kappa shape index (κ2) is 7.42. The molecule has 0 unspecified atom stereocenters. The van der Waals surface area contributed by atoms with Crippen molar-refractivity contribution in [2.45, 2.75) is 19.8 Å². The van der Waals surface area contributed by atoms with Crippen molar-refractivity contribution in [2.75, 3.05) is 13.1 Å². The van der Waals surface area contributed by atoms with Crippen LogP contribution in [0.5, 0.6) is 0 Å². The Labute approximate surface area is 106 Å². The van der Waals surface area contributed by atoms with Crippen molar-refractivity contribution in [3.05, 3.63) is 35.6 Å². The van der Waals surface area contributed by atoms with E-state index >= 15 is 0 Å². The van der Waals surface area contributed by atoms with Gasteiger partial charge in [-0.25, -0.2) is 4.39 Å². The molecule has 0 spiro atoms. The smallest absolute Gasteiger partial charge is 0.221 e. The minimum Gasteiger partial charge on any atom is -0.356 e. The van der Waals surface area contributed by atoms with Crippen LogP contribution in [0, 0.1) is 5.82 Å². The maximum Gasteiger partial charge on any atom is 0.221 e. The minimum atomic E-state index is -0.274. The number of halogens is 1. The quantitative estimate of drug-likeness (QED) is 0.794. The molecular formula is C13H17FN2O2. The summed E-state index contributed by atoms with van der Waals surface area (Å²) >= 11 is 0. The lowest BCUT2D eigenvalue weighted by molar-refractivity contribution is -0.121. The average molecular weight is 252 g/mol. The molecule has 0 fully saturated rings. The zero-order valence-corrected chi connectivity index (χ0v) is 10.3. The van der Waals surface area contributed by atoms with Crippen molar-refractivity contribution in [1.29, 1.82) is 0 Å². The third kappa shape index (κ3) is 5.98. The second-order valence-corrected chi connectivity index (χ2v) is 3.96. The highest BCUT2D eigenvalue weighted by atomic mass is 19.1. The lowest BCUT2D eigenvalue weighted by Crippen LogP contribution is -2.30. The van der Waals surface area contributed by atoms with Crippen LogP contribution in [0.4, 0.5) is 4.39 Å². The summed E-state index contributed by atoms with van der Waals surface area (Å²) in [5, 5.41) is 5.25. The number of benzene rings is 1. The average Bonchev–Trinajstić information content (AvgIpc) is 2.28. The minimum absolute atomic E-state index is 0.125. The van der Waals surface area contributed by atoms with E-state index in [0.29, 0.717) is 19.5 Å². The number of carbonyl (C=O) groups is 2. The Balaban J connectivity index is 2.17. The van der Waals surface area contributed by atoms with Gasteiger partial charge in [0.15, 0.2) is 0 Å². The van der Waals surface area contributed by atoms with Gasteiger partial charge in [-0.15, -0.1) is 0 Å². The number of nitrogens with one attached hydrogen (secondary N) is 2. The van der Waals surface area contributed by atoms with Crippen LogP contribution in [0.2, 0.25) is 0 Å². The van der Waals surface area contributed by atoms with Crippen molar-refractivity contribution >= 4 is 11.8 Å². The van der Waals surface area contributed by atoms with Gasteiger partial charge in [0.1, 0.15) is 5.82 Å². The number of hydrogen-bond donors (Lipinski definition) is 2. The Hall–Kier alpha value is -1.91. The molecule has 0 aliphatic carbocycles. The van der Waals surface area contributed by atoms with E-state index in [9.17, 15) is 14.0 Å². The summed E-state index contributed by atoms with van der Waals surface area (Å²) < 4.78 is 12.9. The Bertz CT molecular complexity index is 421. The number of rotatable bonds is 6. The van der Waals surface area contributed by atoms with Gasteiger partial charge in [0.25, 0.3) is 0 Å². The molecule has 4 nitrogen and oxygen atoms in total. The molecule has 0 aromatic heterocycles. The highest BCUT2D eigenvalue weighted by Crippen LogP contribution is 2.03. The molecule has 2 amide bonds. The van der Waals surface area contributed by atoms with Crippen LogP contribution in [0.15, 0.2) is 24.3 Å². The van der Waals surface area contributed by atoms with Crippen molar-refractivity contribution in [2.24, 2.45) is 0 Å². The molecule has 2 N–H and O–H groups in total. The van der Waals surface area contributed by atoms with Crippen LogP contribution in [0.25, 0.3) is 0 Å². The standard InChI is InChI=1S/C13H17FN2O2/c1-10(17)15-8-6-13(18)16-7-5-11-3-2-4-12(14)9-11/h2-4,9H,5-8H2,1H3,(H,15,17)(H,16,18). The maximum absolute atomic E-state index is 12.9. The number of amides is 2. The molecule has 1 rings (SSSR count). The van der Waals surface area contributed by atoms with Gasteiger partial charge in [-0.2, -0.15) is 0 Å². The van der Waals surface area contributed by atoms with Gasteiger partial charge in [0, 0.05) is 26.4 Å². The lowest BCUT2D eigenvalue weighted by Gasteiger charge is -2.05. The van der Waals surface area contributed by atoms with Gasteiger partial charge in [-0.05, 0) is 24.1 Å². The molecule has 0 saturated heterocycles. The Morgan fingerprint density at radius 2 is 2.00 bits per heavy atom. The van der Waals surface area contributed by atoms with Crippen LogP contribution in [0.3, 0.4) is 0 Å². The van der Waals surface area contributed by atoms with Crippen LogP contribution >= 0.6 is 0 Å². The second-order valence-electron chi connectivity index (χ2n) is 3.96. The molecule has 0 atom stereocenters. The van der Waals surface area contributed by atoms with Gasteiger partial charge >= 0.3 is 0 Å². The molecule has 0 saturated carbocycles. The Morgan fingerprint density at radius 1 is 1.22 bits per heavy atom. The molecule has 1 aromatic carbocycles. The van der Waals surface area contributed by atoms with Gasteiger partial charge in [0.2, 0.25) is 11.8 Å². The predicted octanol–water partition coefficient (Wildman–Crippen LogP) is 1.01. The molecule has 1 aromatic rings. The molecule has 98 valence electrons. The number of carbonyl (C=O) groups excluding carboxylic acids is 2. The highest BCUT2D eigenvalue weighted by Gasteiger charge is 2.01. The zero-order chi connectivity index (χ0) is 13.4. The third-order valence-corrected chi connectivity index (χ3v) is 2.35. The molecule has 0 heterocycles. The van der Waals surface area contributed by atoms with Crippen molar-refractivity contribution in [3.63, 3.8) is 0 Å². The monoisotopic (exact) mass is 252 g/mol.